The number of nitriles is 1. The van der Waals surface area contributed by atoms with E-state index in [9.17, 15) is 9.18 Å². The van der Waals surface area contributed by atoms with Crippen molar-refractivity contribution in [2.45, 2.75) is 57.4 Å². The van der Waals surface area contributed by atoms with Crippen LogP contribution in [0.1, 0.15) is 51.4 Å². The number of amides is 1. The van der Waals surface area contributed by atoms with Gasteiger partial charge in [-0.2, -0.15) is 5.26 Å². The second-order valence-electron chi connectivity index (χ2n) is 8.51. The van der Waals surface area contributed by atoms with Crippen LogP contribution in [0.4, 0.5) is 10.1 Å². The zero-order chi connectivity index (χ0) is 21.3. The number of nitrogens with one attached hydrogen (secondary N) is 1. The predicted molar refractivity (Wildman–Crippen MR) is 118 cm³/mol. The van der Waals surface area contributed by atoms with E-state index < -0.39 is 0 Å². The van der Waals surface area contributed by atoms with Gasteiger partial charge in [0.2, 0.25) is 5.91 Å². The zero-order valence-corrected chi connectivity index (χ0v) is 18.3. The lowest BCUT2D eigenvalue weighted by molar-refractivity contribution is -0.122. The van der Waals surface area contributed by atoms with E-state index in [4.69, 9.17) is 16.9 Å². The molecule has 1 saturated heterocycles. The fourth-order valence-electron chi connectivity index (χ4n) is 4.50. The van der Waals surface area contributed by atoms with Crippen LogP contribution in [0.3, 0.4) is 0 Å². The maximum Gasteiger partial charge on any atom is 0.220 e. The second-order valence-corrected chi connectivity index (χ2v) is 8.92. The lowest BCUT2D eigenvalue weighted by Gasteiger charge is -2.37. The Hall–Kier alpha value is -1.84. The number of rotatable bonds is 8. The highest BCUT2D eigenvalue weighted by atomic mass is 35.5. The number of carbonyl (C=O) groups excluding carboxylic acids is 1. The molecule has 1 N–H and O–H groups in total. The highest BCUT2D eigenvalue weighted by Gasteiger charge is 2.24. The summed E-state index contributed by atoms with van der Waals surface area (Å²) in [7, 11) is 0. The highest BCUT2D eigenvalue weighted by Crippen LogP contribution is 2.28. The lowest BCUT2D eigenvalue weighted by atomic mass is 9.84. The Bertz CT molecular complexity index is 737. The van der Waals surface area contributed by atoms with Gasteiger partial charge in [0.25, 0.3) is 0 Å². The molecule has 164 valence electrons. The van der Waals surface area contributed by atoms with Gasteiger partial charge < -0.3 is 10.2 Å². The van der Waals surface area contributed by atoms with Crippen LogP contribution in [0.15, 0.2) is 18.2 Å². The van der Waals surface area contributed by atoms with E-state index in [1.165, 1.54) is 25.3 Å². The SMILES string of the molecule is N#CCCCC(=O)NC1CCC(CCN2CCN(c3ccc(F)c(Cl)c3)CC2)CC1. The summed E-state index contributed by atoms with van der Waals surface area (Å²) < 4.78 is 13.4. The number of piperazine rings is 1. The Morgan fingerprint density at radius 2 is 1.93 bits per heavy atom. The molecule has 0 radical (unpaired) electrons. The van der Waals surface area contributed by atoms with Crippen molar-refractivity contribution in [3.8, 4) is 6.07 Å². The van der Waals surface area contributed by atoms with Crippen LogP contribution < -0.4 is 10.2 Å². The van der Waals surface area contributed by atoms with Crippen LogP contribution in [0, 0.1) is 23.1 Å². The smallest absolute Gasteiger partial charge is 0.220 e. The first-order valence-corrected chi connectivity index (χ1v) is 11.5. The zero-order valence-electron chi connectivity index (χ0n) is 17.6. The number of unbranched alkanes of at least 4 members (excludes halogenated alkanes) is 1. The first-order chi connectivity index (χ1) is 14.5. The third-order valence-electron chi connectivity index (χ3n) is 6.40. The maximum absolute atomic E-state index is 13.4. The van der Waals surface area contributed by atoms with E-state index in [-0.39, 0.29) is 16.7 Å². The summed E-state index contributed by atoms with van der Waals surface area (Å²) in [4.78, 5) is 16.7. The second kappa shape index (κ2) is 11.5. The number of hydrogen-bond donors (Lipinski definition) is 1. The number of nitrogens with zero attached hydrogens (tertiary/aromatic N) is 3. The van der Waals surface area contributed by atoms with Gasteiger partial charge in [0.1, 0.15) is 5.82 Å². The van der Waals surface area contributed by atoms with E-state index in [0.717, 1.165) is 57.2 Å². The van der Waals surface area contributed by atoms with Gasteiger partial charge >= 0.3 is 0 Å². The van der Waals surface area contributed by atoms with Crippen LogP contribution in [0.2, 0.25) is 5.02 Å². The molecular weight excluding hydrogens is 403 g/mol. The fraction of sp³-hybridized carbons (Fsp3) is 0.652. The molecule has 0 spiro atoms. The molecule has 0 atom stereocenters. The minimum absolute atomic E-state index is 0.0917. The number of anilines is 1. The van der Waals surface area contributed by atoms with Crippen molar-refractivity contribution < 1.29 is 9.18 Å². The minimum atomic E-state index is -0.368. The molecule has 2 fully saturated rings. The molecule has 1 amide bonds. The lowest BCUT2D eigenvalue weighted by Crippen LogP contribution is -2.47. The van der Waals surface area contributed by atoms with Gasteiger partial charge in [-0.3, -0.25) is 9.69 Å². The topological polar surface area (TPSA) is 59.4 Å². The molecule has 1 aromatic carbocycles. The van der Waals surface area contributed by atoms with Crippen LogP contribution in [-0.4, -0.2) is 49.6 Å². The third kappa shape index (κ3) is 6.85. The third-order valence-corrected chi connectivity index (χ3v) is 6.69. The van der Waals surface area contributed by atoms with Gasteiger partial charge in [-0.05, 0) is 69.2 Å². The molecule has 1 aliphatic heterocycles. The molecule has 1 heterocycles. The van der Waals surface area contributed by atoms with Gasteiger partial charge in [-0.15, -0.1) is 0 Å². The highest BCUT2D eigenvalue weighted by molar-refractivity contribution is 6.31. The standard InChI is InChI=1S/C23H32ClFN4O/c24-21-17-20(8-9-22(21)25)29-15-13-28(14-16-29)12-10-18-4-6-19(7-5-18)27-23(30)3-1-2-11-26/h8-9,17-19H,1-7,10,12-16H2,(H,27,30). The average Bonchev–Trinajstić information content (AvgIpc) is 2.76. The summed E-state index contributed by atoms with van der Waals surface area (Å²) in [6.45, 7) is 5.03. The average molecular weight is 435 g/mol. The largest absolute Gasteiger partial charge is 0.369 e. The number of carbonyl (C=O) groups is 1. The van der Waals surface area contributed by atoms with Crippen LogP contribution >= 0.6 is 11.6 Å². The van der Waals surface area contributed by atoms with Crippen molar-refractivity contribution in [3.05, 3.63) is 29.0 Å². The summed E-state index contributed by atoms with van der Waals surface area (Å²) in [6, 6.07) is 7.35. The first-order valence-electron chi connectivity index (χ1n) is 11.1. The quantitative estimate of drug-likeness (QED) is 0.617. The van der Waals surface area contributed by atoms with Crippen LogP contribution in [-0.2, 0) is 4.79 Å². The Labute approximate surface area is 184 Å². The Kier molecular flexibility index (Phi) is 8.77. The summed E-state index contributed by atoms with van der Waals surface area (Å²) in [6.07, 6.45) is 7.26. The summed E-state index contributed by atoms with van der Waals surface area (Å²) in [5.41, 5.74) is 0.994. The fourth-order valence-corrected chi connectivity index (χ4v) is 4.67. The van der Waals surface area contributed by atoms with E-state index in [0.29, 0.717) is 25.3 Å². The molecular formula is C23H32ClFN4O. The monoisotopic (exact) mass is 434 g/mol. The van der Waals surface area contributed by atoms with E-state index in [1.54, 1.807) is 12.1 Å². The minimum Gasteiger partial charge on any atom is -0.369 e. The van der Waals surface area contributed by atoms with Gasteiger partial charge in [-0.1, -0.05) is 11.6 Å². The van der Waals surface area contributed by atoms with Gasteiger partial charge in [0, 0.05) is 50.7 Å². The summed E-state index contributed by atoms with van der Waals surface area (Å²) in [5, 5.41) is 11.9. The van der Waals surface area contributed by atoms with E-state index in [2.05, 4.69) is 21.2 Å². The van der Waals surface area contributed by atoms with Gasteiger partial charge in [0.15, 0.2) is 0 Å². The number of halogens is 2. The van der Waals surface area contributed by atoms with E-state index >= 15 is 0 Å². The van der Waals surface area contributed by atoms with E-state index in [1.807, 2.05) is 0 Å². The normalized spacial score (nSPS) is 22.5. The molecule has 1 aromatic rings. The van der Waals surface area contributed by atoms with Gasteiger partial charge in [0.05, 0.1) is 11.1 Å². The molecule has 1 saturated carbocycles. The Morgan fingerprint density at radius 3 is 2.60 bits per heavy atom. The molecule has 0 bridgehead atoms. The Balaban J connectivity index is 1.30. The van der Waals surface area contributed by atoms with Gasteiger partial charge in [-0.25, -0.2) is 4.39 Å². The van der Waals surface area contributed by atoms with Crippen LogP contribution in [0.25, 0.3) is 0 Å². The van der Waals surface area contributed by atoms with Crippen LogP contribution in [0.5, 0.6) is 0 Å². The number of benzene rings is 1. The van der Waals surface area contributed by atoms with Crippen molar-refractivity contribution in [2.24, 2.45) is 5.92 Å². The molecule has 5 nitrogen and oxygen atoms in total. The Morgan fingerprint density at radius 1 is 1.20 bits per heavy atom. The summed E-state index contributed by atoms with van der Waals surface area (Å²) in [5.74, 6) is 0.465. The molecule has 0 unspecified atom stereocenters. The molecule has 0 aromatic heterocycles. The van der Waals surface area contributed by atoms with Crippen molar-refractivity contribution >= 4 is 23.2 Å². The number of hydrogen-bond acceptors (Lipinski definition) is 4. The molecule has 2 aliphatic rings. The molecule has 30 heavy (non-hydrogen) atoms. The summed E-state index contributed by atoms with van der Waals surface area (Å²) >= 11 is 5.92. The molecule has 1 aliphatic carbocycles. The first kappa shape index (κ1) is 22.8. The van der Waals surface area contributed by atoms with Crippen molar-refractivity contribution in [2.75, 3.05) is 37.6 Å². The predicted octanol–water partition coefficient (Wildman–Crippen LogP) is 4.36. The maximum atomic E-state index is 13.4. The van der Waals surface area contributed by atoms with Crippen molar-refractivity contribution in [3.63, 3.8) is 0 Å². The molecule has 7 heteroatoms. The molecule has 3 rings (SSSR count). The van der Waals surface area contributed by atoms with Crippen molar-refractivity contribution in [1.29, 1.82) is 5.26 Å². The van der Waals surface area contributed by atoms with Crippen molar-refractivity contribution in [1.82, 2.24) is 10.2 Å².